The van der Waals surface area contributed by atoms with E-state index in [-0.39, 0.29) is 18.4 Å². The molecule has 0 fully saturated rings. The van der Waals surface area contributed by atoms with Gasteiger partial charge in [0.2, 0.25) is 0 Å². The highest BCUT2D eigenvalue weighted by atomic mass is 35.5. The average Bonchev–Trinajstić information content (AvgIpc) is 2.63. The van der Waals surface area contributed by atoms with Crippen LogP contribution in [0.4, 0.5) is 11.4 Å². The van der Waals surface area contributed by atoms with Crippen LogP contribution in [-0.4, -0.2) is 24.2 Å². The fraction of sp³-hybridized carbons (Fsp3) is 0.238. The second-order valence-corrected chi connectivity index (χ2v) is 5.85. The van der Waals surface area contributed by atoms with Crippen LogP contribution < -0.4 is 10.1 Å². The first-order valence-electron chi connectivity index (χ1n) is 8.69. The summed E-state index contributed by atoms with van der Waals surface area (Å²) in [6.45, 7) is 6.68. The number of nitrogens with one attached hydrogen (secondary N) is 1. The summed E-state index contributed by atoms with van der Waals surface area (Å²) >= 11 is 0. The lowest BCUT2D eigenvalue weighted by Crippen LogP contribution is -2.05. The summed E-state index contributed by atoms with van der Waals surface area (Å²) < 4.78 is 10.6. The molecule has 0 bridgehead atoms. The minimum atomic E-state index is -0.331. The van der Waals surface area contributed by atoms with Crippen molar-refractivity contribution in [2.24, 2.45) is 0 Å². The number of aromatic nitrogens is 1. The van der Waals surface area contributed by atoms with Crippen molar-refractivity contribution in [3.05, 3.63) is 59.8 Å². The number of aryl methyl sites for hydroxylation is 1. The molecule has 3 rings (SSSR count). The summed E-state index contributed by atoms with van der Waals surface area (Å²) in [5, 5.41) is 4.28. The van der Waals surface area contributed by atoms with Crippen molar-refractivity contribution in [1.29, 1.82) is 0 Å². The molecule has 142 valence electrons. The summed E-state index contributed by atoms with van der Waals surface area (Å²) in [5.74, 6) is 0.500. The molecule has 0 aliphatic carbocycles. The van der Waals surface area contributed by atoms with Crippen LogP contribution in [0.3, 0.4) is 0 Å². The monoisotopic (exact) mass is 386 g/mol. The molecule has 1 aromatic heterocycles. The Morgan fingerprint density at radius 2 is 1.78 bits per heavy atom. The Morgan fingerprint density at radius 3 is 2.44 bits per heavy atom. The van der Waals surface area contributed by atoms with Crippen LogP contribution in [0, 0.1) is 6.92 Å². The van der Waals surface area contributed by atoms with Crippen LogP contribution >= 0.6 is 12.4 Å². The van der Waals surface area contributed by atoms with Gasteiger partial charge in [0.1, 0.15) is 5.75 Å². The van der Waals surface area contributed by atoms with Crippen LogP contribution in [0.25, 0.3) is 10.9 Å². The number of nitrogens with zero attached hydrogens (tertiary/aromatic N) is 1. The third-order valence-corrected chi connectivity index (χ3v) is 3.89. The van der Waals surface area contributed by atoms with Crippen LogP contribution in [0.2, 0.25) is 0 Å². The van der Waals surface area contributed by atoms with E-state index in [4.69, 9.17) is 9.47 Å². The Morgan fingerprint density at radius 1 is 1.04 bits per heavy atom. The number of carbonyl (C=O) groups is 1. The highest BCUT2D eigenvalue weighted by Gasteiger charge is 2.11. The van der Waals surface area contributed by atoms with Gasteiger partial charge in [0, 0.05) is 22.5 Å². The summed E-state index contributed by atoms with van der Waals surface area (Å²) in [6, 6.07) is 15.1. The fourth-order valence-corrected chi connectivity index (χ4v) is 2.76. The first-order valence-corrected chi connectivity index (χ1v) is 8.69. The maximum atomic E-state index is 12.0. The van der Waals surface area contributed by atoms with Gasteiger partial charge in [-0.15, -0.1) is 12.4 Å². The van der Waals surface area contributed by atoms with Crippen molar-refractivity contribution in [1.82, 2.24) is 4.98 Å². The summed E-state index contributed by atoms with van der Waals surface area (Å²) in [7, 11) is 0. The molecule has 0 aliphatic rings. The van der Waals surface area contributed by atoms with Crippen LogP contribution in [-0.2, 0) is 4.74 Å². The second-order valence-electron chi connectivity index (χ2n) is 5.85. The van der Waals surface area contributed by atoms with Gasteiger partial charge in [0.15, 0.2) is 0 Å². The number of fused-ring (bicyclic) bond motifs is 1. The zero-order chi connectivity index (χ0) is 18.5. The van der Waals surface area contributed by atoms with Crippen molar-refractivity contribution in [2.45, 2.75) is 20.8 Å². The minimum Gasteiger partial charge on any atom is -0.494 e. The predicted octanol–water partition coefficient (Wildman–Crippen LogP) is 5.28. The molecular weight excluding hydrogens is 364 g/mol. The zero-order valence-corrected chi connectivity index (χ0v) is 16.4. The van der Waals surface area contributed by atoms with E-state index in [1.165, 1.54) is 0 Å². The third-order valence-electron chi connectivity index (χ3n) is 3.89. The molecule has 5 nitrogen and oxygen atoms in total. The number of halogens is 1. The quantitative estimate of drug-likeness (QED) is 0.583. The lowest BCUT2D eigenvalue weighted by Gasteiger charge is -2.12. The number of pyridine rings is 1. The molecule has 0 atom stereocenters. The number of esters is 1. The maximum absolute atomic E-state index is 12.0. The van der Waals surface area contributed by atoms with Gasteiger partial charge < -0.3 is 14.8 Å². The highest BCUT2D eigenvalue weighted by Crippen LogP contribution is 2.28. The maximum Gasteiger partial charge on any atom is 0.338 e. The van der Waals surface area contributed by atoms with Gasteiger partial charge >= 0.3 is 5.97 Å². The van der Waals surface area contributed by atoms with Gasteiger partial charge in [-0.1, -0.05) is 0 Å². The molecule has 0 amide bonds. The second kappa shape index (κ2) is 9.24. The van der Waals surface area contributed by atoms with Gasteiger partial charge in [-0.05, 0) is 69.3 Å². The van der Waals surface area contributed by atoms with E-state index in [1.807, 2.05) is 56.3 Å². The zero-order valence-electron chi connectivity index (χ0n) is 15.6. The van der Waals surface area contributed by atoms with Crippen LogP contribution in [0.15, 0.2) is 48.5 Å². The normalized spacial score (nSPS) is 10.2. The standard InChI is InChI=1S/C21H22N2O3.ClH/c1-4-25-17-9-7-16(8-10-17)23-20-12-14(3)22-19-11-6-15(13-18(19)20)21(24)26-5-2;/h6-13H,4-5H2,1-3H3,(H,22,23);1H. The summed E-state index contributed by atoms with van der Waals surface area (Å²) in [5.41, 5.74) is 4.06. The van der Waals surface area contributed by atoms with Gasteiger partial charge in [-0.3, -0.25) is 4.98 Å². The molecular formula is C21H23ClN2O3. The van der Waals surface area contributed by atoms with Crippen LogP contribution in [0.1, 0.15) is 29.9 Å². The number of benzene rings is 2. The van der Waals surface area contributed by atoms with Crippen molar-refractivity contribution in [2.75, 3.05) is 18.5 Å². The largest absolute Gasteiger partial charge is 0.494 e. The van der Waals surface area contributed by atoms with Gasteiger partial charge in [-0.25, -0.2) is 4.79 Å². The summed E-state index contributed by atoms with van der Waals surface area (Å²) in [6.07, 6.45) is 0. The Labute approximate surface area is 165 Å². The van der Waals surface area contributed by atoms with E-state index in [1.54, 1.807) is 13.0 Å². The first-order chi connectivity index (χ1) is 12.6. The summed E-state index contributed by atoms with van der Waals surface area (Å²) in [4.78, 5) is 16.6. The molecule has 0 aliphatic heterocycles. The van der Waals surface area contributed by atoms with Crippen molar-refractivity contribution in [3.8, 4) is 5.75 Å². The SMILES string of the molecule is CCOC(=O)c1ccc2nc(C)cc(Nc3ccc(OCC)cc3)c2c1.Cl. The lowest BCUT2D eigenvalue weighted by atomic mass is 10.1. The number of carbonyl (C=O) groups excluding carboxylic acids is 1. The number of anilines is 2. The van der Waals surface area contributed by atoms with E-state index in [9.17, 15) is 4.79 Å². The first kappa shape index (κ1) is 20.5. The molecule has 0 spiro atoms. The lowest BCUT2D eigenvalue weighted by molar-refractivity contribution is 0.0526. The van der Waals surface area contributed by atoms with E-state index in [0.29, 0.717) is 18.8 Å². The van der Waals surface area contributed by atoms with E-state index < -0.39 is 0 Å². The van der Waals surface area contributed by atoms with Gasteiger partial charge in [-0.2, -0.15) is 0 Å². The fourth-order valence-electron chi connectivity index (χ4n) is 2.76. The van der Waals surface area contributed by atoms with E-state index in [0.717, 1.165) is 33.7 Å². The minimum absolute atomic E-state index is 0. The topological polar surface area (TPSA) is 60.5 Å². The van der Waals surface area contributed by atoms with Crippen molar-refractivity contribution >= 4 is 40.7 Å². The molecule has 1 heterocycles. The van der Waals surface area contributed by atoms with E-state index >= 15 is 0 Å². The van der Waals surface area contributed by atoms with Gasteiger partial charge in [0.25, 0.3) is 0 Å². The molecule has 3 aromatic rings. The number of hydrogen-bond donors (Lipinski definition) is 1. The number of rotatable bonds is 6. The van der Waals surface area contributed by atoms with Crippen molar-refractivity contribution < 1.29 is 14.3 Å². The predicted molar refractivity (Wildman–Crippen MR) is 111 cm³/mol. The Hall–Kier alpha value is -2.79. The molecule has 27 heavy (non-hydrogen) atoms. The van der Waals surface area contributed by atoms with E-state index in [2.05, 4.69) is 10.3 Å². The molecule has 0 unspecified atom stereocenters. The Bertz CT molecular complexity index is 927. The Balaban J connectivity index is 0.00000261. The van der Waals surface area contributed by atoms with Crippen LogP contribution in [0.5, 0.6) is 5.75 Å². The molecule has 0 saturated heterocycles. The molecule has 0 radical (unpaired) electrons. The number of ether oxygens (including phenoxy) is 2. The Kier molecular flexibility index (Phi) is 7.02. The third kappa shape index (κ3) is 4.89. The molecule has 6 heteroatoms. The smallest absolute Gasteiger partial charge is 0.338 e. The molecule has 0 saturated carbocycles. The molecule has 1 N–H and O–H groups in total. The highest BCUT2D eigenvalue weighted by molar-refractivity contribution is 5.99. The molecule has 2 aromatic carbocycles. The van der Waals surface area contributed by atoms with Crippen molar-refractivity contribution in [3.63, 3.8) is 0 Å². The van der Waals surface area contributed by atoms with Gasteiger partial charge in [0.05, 0.1) is 24.3 Å². The average molecular weight is 387 g/mol. The number of hydrogen-bond acceptors (Lipinski definition) is 5.